The summed E-state index contributed by atoms with van der Waals surface area (Å²) in [5.74, 6) is -0.465. The van der Waals surface area contributed by atoms with Crippen LogP contribution in [0.2, 0.25) is 5.02 Å². The molecule has 2 amide bonds. The lowest BCUT2D eigenvalue weighted by Crippen LogP contribution is -2.35. The maximum absolute atomic E-state index is 11.8. The van der Waals surface area contributed by atoms with E-state index in [2.05, 4.69) is 10.6 Å². The van der Waals surface area contributed by atoms with Crippen molar-refractivity contribution in [2.75, 3.05) is 26.4 Å². The summed E-state index contributed by atoms with van der Waals surface area (Å²) >= 11 is 5.84. The molecule has 0 spiro atoms. The number of hydrogen-bond acceptors (Lipinski definition) is 4. The van der Waals surface area contributed by atoms with Gasteiger partial charge < -0.3 is 21.1 Å². The van der Waals surface area contributed by atoms with Gasteiger partial charge in [0.25, 0.3) is 5.91 Å². The van der Waals surface area contributed by atoms with Crippen LogP contribution in [0.3, 0.4) is 0 Å². The second kappa shape index (κ2) is 7.70. The van der Waals surface area contributed by atoms with Gasteiger partial charge >= 0.3 is 0 Å². The van der Waals surface area contributed by atoms with Gasteiger partial charge in [0.2, 0.25) is 5.91 Å². The van der Waals surface area contributed by atoms with E-state index in [1.54, 1.807) is 0 Å². The minimum absolute atomic E-state index is 0. The second-order valence-corrected chi connectivity index (χ2v) is 3.84. The summed E-state index contributed by atoms with van der Waals surface area (Å²) in [6, 6.07) is 2.85. The Kier molecular flexibility index (Phi) is 7.03. The topological polar surface area (TPSA) is 93.5 Å². The first kappa shape index (κ1) is 17.3. The van der Waals surface area contributed by atoms with Crippen molar-refractivity contribution in [3.8, 4) is 5.75 Å². The van der Waals surface area contributed by atoms with Crippen LogP contribution in [0.5, 0.6) is 5.75 Å². The third kappa shape index (κ3) is 4.50. The molecule has 0 radical (unpaired) electrons. The van der Waals surface area contributed by atoms with Crippen LogP contribution in [0.1, 0.15) is 10.4 Å². The van der Waals surface area contributed by atoms with Crippen LogP contribution in [0.15, 0.2) is 12.1 Å². The number of nitrogen functional groups attached to an aromatic ring is 1. The van der Waals surface area contributed by atoms with E-state index < -0.39 is 5.91 Å². The Hall–Kier alpha value is -1.66. The number of methoxy groups -OCH3 is 1. The first-order valence-corrected chi connectivity index (χ1v) is 5.49. The van der Waals surface area contributed by atoms with Gasteiger partial charge in [0, 0.05) is 13.1 Å². The lowest BCUT2D eigenvalue weighted by molar-refractivity contribution is -0.119. The zero-order chi connectivity index (χ0) is 13.7. The predicted octanol–water partition coefficient (Wildman–Crippen LogP) is 0.828. The van der Waals surface area contributed by atoms with Crippen LogP contribution in [0.25, 0.3) is 0 Å². The number of rotatable bonds is 4. The predicted molar refractivity (Wildman–Crippen MR) is 76.1 cm³/mol. The maximum Gasteiger partial charge on any atom is 0.255 e. The van der Waals surface area contributed by atoms with Crippen molar-refractivity contribution in [2.24, 2.45) is 0 Å². The number of hydrogen-bond donors (Lipinski definition) is 3. The molecule has 0 aromatic heterocycles. The molecule has 106 valence electrons. The maximum atomic E-state index is 11.8. The summed E-state index contributed by atoms with van der Waals surface area (Å²) in [4.78, 5) is 22.9. The van der Waals surface area contributed by atoms with Crippen molar-refractivity contribution in [3.63, 3.8) is 0 Å². The molecule has 0 aliphatic carbocycles. The van der Waals surface area contributed by atoms with Crippen molar-refractivity contribution in [3.05, 3.63) is 22.7 Å². The molecule has 0 bridgehead atoms. The van der Waals surface area contributed by atoms with Gasteiger partial charge in [0.05, 0.1) is 29.9 Å². The molecule has 0 unspecified atom stereocenters. The van der Waals surface area contributed by atoms with Crippen LogP contribution < -0.4 is 21.1 Å². The van der Waals surface area contributed by atoms with Crippen molar-refractivity contribution in [2.45, 2.75) is 0 Å². The third-order valence-electron chi connectivity index (χ3n) is 2.25. The average molecular weight is 308 g/mol. The highest BCUT2D eigenvalue weighted by atomic mass is 35.5. The Labute approximate surface area is 122 Å². The first-order valence-electron chi connectivity index (χ1n) is 5.11. The Morgan fingerprint density at radius 2 is 2.05 bits per heavy atom. The summed E-state index contributed by atoms with van der Waals surface area (Å²) in [6.45, 7) is -0.125. The van der Waals surface area contributed by atoms with E-state index in [0.717, 1.165) is 0 Å². The molecule has 0 atom stereocenters. The van der Waals surface area contributed by atoms with Gasteiger partial charge in [-0.25, -0.2) is 0 Å². The number of likely N-dealkylation sites (N-methyl/N-ethyl adjacent to an activating group) is 1. The number of nitrogens with one attached hydrogen (secondary N) is 2. The van der Waals surface area contributed by atoms with Crippen LogP contribution in [0, 0.1) is 0 Å². The normalized spacial score (nSPS) is 9.21. The minimum atomic E-state index is -0.461. The van der Waals surface area contributed by atoms with Crippen LogP contribution in [-0.2, 0) is 4.79 Å². The number of anilines is 1. The molecule has 19 heavy (non-hydrogen) atoms. The van der Waals surface area contributed by atoms with E-state index in [-0.39, 0.29) is 35.4 Å². The number of carbonyl (C=O) groups is 2. The van der Waals surface area contributed by atoms with E-state index in [9.17, 15) is 9.59 Å². The largest absolute Gasteiger partial charge is 0.496 e. The quantitative estimate of drug-likeness (QED) is 0.718. The Morgan fingerprint density at radius 1 is 1.42 bits per heavy atom. The molecule has 0 saturated carbocycles. The van der Waals surface area contributed by atoms with Gasteiger partial charge in [-0.1, -0.05) is 11.6 Å². The standard InChI is InChI=1S/C11H14ClN3O3.ClH/c1-14-10(16)5-15-11(17)6-3-7(12)8(13)4-9(6)18-2;/h3-4H,5,13H2,1-2H3,(H,14,16)(H,15,17);1H. The fourth-order valence-electron chi connectivity index (χ4n) is 1.26. The van der Waals surface area contributed by atoms with Crippen molar-refractivity contribution in [1.29, 1.82) is 0 Å². The molecular weight excluding hydrogens is 293 g/mol. The summed E-state index contributed by atoms with van der Waals surface area (Å²) in [7, 11) is 2.90. The van der Waals surface area contributed by atoms with E-state index in [1.807, 2.05) is 0 Å². The highest BCUT2D eigenvalue weighted by molar-refractivity contribution is 6.33. The molecule has 0 heterocycles. The molecule has 4 N–H and O–H groups in total. The summed E-state index contributed by atoms with van der Waals surface area (Å²) < 4.78 is 5.04. The third-order valence-corrected chi connectivity index (χ3v) is 2.58. The van der Waals surface area contributed by atoms with Crippen molar-refractivity contribution >= 4 is 41.5 Å². The van der Waals surface area contributed by atoms with Gasteiger partial charge in [-0.15, -0.1) is 12.4 Å². The molecule has 8 heteroatoms. The molecule has 0 saturated heterocycles. The Morgan fingerprint density at radius 3 is 2.58 bits per heavy atom. The lowest BCUT2D eigenvalue weighted by atomic mass is 10.1. The first-order chi connectivity index (χ1) is 8.49. The summed E-state index contributed by atoms with van der Waals surface area (Å²) in [6.07, 6.45) is 0. The number of nitrogens with two attached hydrogens (primary N) is 1. The SMILES string of the molecule is CNC(=O)CNC(=O)c1cc(Cl)c(N)cc1OC.Cl. The molecule has 6 nitrogen and oxygen atoms in total. The number of amides is 2. The second-order valence-electron chi connectivity index (χ2n) is 3.43. The van der Waals surface area contributed by atoms with Crippen LogP contribution in [0.4, 0.5) is 5.69 Å². The highest BCUT2D eigenvalue weighted by Crippen LogP contribution is 2.28. The van der Waals surface area contributed by atoms with Gasteiger partial charge in [0.15, 0.2) is 0 Å². The zero-order valence-electron chi connectivity index (χ0n) is 10.5. The van der Waals surface area contributed by atoms with E-state index in [4.69, 9.17) is 22.1 Å². The zero-order valence-corrected chi connectivity index (χ0v) is 12.0. The minimum Gasteiger partial charge on any atom is -0.496 e. The molecule has 0 fully saturated rings. The van der Waals surface area contributed by atoms with E-state index in [0.29, 0.717) is 11.4 Å². The fraction of sp³-hybridized carbons (Fsp3) is 0.273. The number of benzene rings is 1. The average Bonchev–Trinajstić information content (AvgIpc) is 2.37. The summed E-state index contributed by atoms with van der Waals surface area (Å²) in [5, 5.41) is 5.08. The number of carbonyl (C=O) groups excluding carboxylic acids is 2. The van der Waals surface area contributed by atoms with Crippen LogP contribution >= 0.6 is 24.0 Å². The molecule has 1 aromatic rings. The monoisotopic (exact) mass is 307 g/mol. The van der Waals surface area contributed by atoms with Gasteiger partial charge in [-0.05, 0) is 6.07 Å². The number of halogens is 2. The Bertz CT molecular complexity index is 480. The Balaban J connectivity index is 0.00000324. The van der Waals surface area contributed by atoms with E-state index >= 15 is 0 Å². The van der Waals surface area contributed by atoms with Crippen molar-refractivity contribution in [1.82, 2.24) is 10.6 Å². The highest BCUT2D eigenvalue weighted by Gasteiger charge is 2.15. The molecule has 1 aromatic carbocycles. The molecule has 0 aliphatic heterocycles. The smallest absolute Gasteiger partial charge is 0.255 e. The van der Waals surface area contributed by atoms with E-state index in [1.165, 1.54) is 26.3 Å². The van der Waals surface area contributed by atoms with Crippen molar-refractivity contribution < 1.29 is 14.3 Å². The molecule has 0 aliphatic rings. The lowest BCUT2D eigenvalue weighted by Gasteiger charge is -2.10. The van der Waals surface area contributed by atoms with Crippen LogP contribution in [-0.4, -0.2) is 32.5 Å². The molecule has 1 rings (SSSR count). The van der Waals surface area contributed by atoms with Gasteiger partial charge in [-0.2, -0.15) is 0 Å². The number of ether oxygens (including phenoxy) is 1. The molecular formula is C11H15Cl2N3O3. The fourth-order valence-corrected chi connectivity index (χ4v) is 1.42. The van der Waals surface area contributed by atoms with Gasteiger partial charge in [-0.3, -0.25) is 9.59 Å². The summed E-state index contributed by atoms with van der Waals surface area (Å²) in [5.41, 5.74) is 6.14. The van der Waals surface area contributed by atoms with Gasteiger partial charge in [0.1, 0.15) is 5.75 Å².